The second-order valence-corrected chi connectivity index (χ2v) is 6.01. The number of nitro groups is 1. The number of carboxylic acid groups (broad SMARTS) is 1. The SMILES string of the molecule is CCCCC(NCc1ccc(-c2ccc([N+](=O)[O-])cc2Cl)o1)C(=O)O. The van der Waals surface area contributed by atoms with Gasteiger partial charge < -0.3 is 9.52 Å². The van der Waals surface area contributed by atoms with Crippen LogP contribution in [0.1, 0.15) is 31.9 Å². The fourth-order valence-electron chi connectivity index (χ4n) is 2.38. The summed E-state index contributed by atoms with van der Waals surface area (Å²) in [6, 6.07) is 6.94. The van der Waals surface area contributed by atoms with E-state index in [1.54, 1.807) is 12.1 Å². The topological polar surface area (TPSA) is 106 Å². The Labute approximate surface area is 149 Å². The standard InChI is InChI=1S/C17H19ClN2O5/c1-2-3-4-15(17(21)22)19-10-12-6-8-16(25-12)13-7-5-11(20(23)24)9-14(13)18/h5-9,15,19H,2-4,10H2,1H3,(H,21,22). The number of carboxylic acids is 1. The van der Waals surface area contributed by atoms with Gasteiger partial charge in [-0.2, -0.15) is 0 Å². The molecule has 0 fully saturated rings. The first kappa shape index (κ1) is 19.0. The lowest BCUT2D eigenvalue weighted by atomic mass is 10.1. The van der Waals surface area contributed by atoms with Crippen molar-refractivity contribution in [3.63, 3.8) is 0 Å². The van der Waals surface area contributed by atoms with Gasteiger partial charge in [0.1, 0.15) is 17.6 Å². The van der Waals surface area contributed by atoms with Crippen LogP contribution < -0.4 is 5.32 Å². The predicted octanol–water partition coefficient (Wildman–Crippen LogP) is 4.24. The van der Waals surface area contributed by atoms with E-state index in [9.17, 15) is 20.0 Å². The van der Waals surface area contributed by atoms with Crippen molar-refractivity contribution in [2.24, 2.45) is 0 Å². The molecule has 1 atom stereocenters. The number of unbranched alkanes of at least 4 members (excludes halogenated alkanes) is 1. The molecule has 0 aliphatic carbocycles. The number of furan rings is 1. The summed E-state index contributed by atoms with van der Waals surface area (Å²) in [5.74, 6) is 0.142. The van der Waals surface area contributed by atoms with E-state index in [0.717, 1.165) is 12.8 Å². The Balaban J connectivity index is 2.07. The Hall–Kier alpha value is -2.38. The van der Waals surface area contributed by atoms with E-state index in [1.165, 1.54) is 18.2 Å². The second kappa shape index (κ2) is 8.64. The zero-order valence-electron chi connectivity index (χ0n) is 13.7. The van der Waals surface area contributed by atoms with Crippen molar-refractivity contribution in [2.45, 2.75) is 38.8 Å². The summed E-state index contributed by atoms with van der Waals surface area (Å²) < 4.78 is 5.68. The van der Waals surface area contributed by atoms with Gasteiger partial charge in [-0.1, -0.05) is 31.4 Å². The molecular formula is C17H19ClN2O5. The quantitative estimate of drug-likeness (QED) is 0.508. The molecule has 2 aromatic rings. The Kier molecular flexibility index (Phi) is 6.55. The van der Waals surface area contributed by atoms with Crippen molar-refractivity contribution >= 4 is 23.3 Å². The van der Waals surface area contributed by atoms with Crippen molar-refractivity contribution in [2.75, 3.05) is 0 Å². The molecule has 0 bridgehead atoms. The highest BCUT2D eigenvalue weighted by atomic mass is 35.5. The van der Waals surface area contributed by atoms with Crippen LogP contribution in [-0.2, 0) is 11.3 Å². The maximum Gasteiger partial charge on any atom is 0.320 e. The first-order chi connectivity index (χ1) is 11.9. The predicted molar refractivity (Wildman–Crippen MR) is 93.6 cm³/mol. The summed E-state index contributed by atoms with van der Waals surface area (Å²) in [6.07, 6.45) is 2.30. The molecule has 2 N–H and O–H groups in total. The summed E-state index contributed by atoms with van der Waals surface area (Å²) >= 11 is 6.09. The van der Waals surface area contributed by atoms with Gasteiger partial charge in [-0.15, -0.1) is 0 Å². The smallest absolute Gasteiger partial charge is 0.320 e. The van der Waals surface area contributed by atoms with Crippen LogP contribution in [0.5, 0.6) is 0 Å². The Morgan fingerprint density at radius 2 is 2.16 bits per heavy atom. The molecule has 0 saturated carbocycles. The normalized spacial score (nSPS) is 12.1. The molecule has 134 valence electrons. The number of hydrogen-bond acceptors (Lipinski definition) is 5. The van der Waals surface area contributed by atoms with Crippen LogP contribution in [0.4, 0.5) is 5.69 Å². The van der Waals surface area contributed by atoms with Crippen LogP contribution in [0, 0.1) is 10.1 Å². The van der Waals surface area contributed by atoms with Crippen LogP contribution in [0.2, 0.25) is 5.02 Å². The van der Waals surface area contributed by atoms with E-state index >= 15 is 0 Å². The summed E-state index contributed by atoms with van der Waals surface area (Å²) in [4.78, 5) is 21.5. The second-order valence-electron chi connectivity index (χ2n) is 5.60. The number of nitro benzene ring substituents is 1. The molecule has 1 heterocycles. The third-order valence-corrected chi connectivity index (χ3v) is 4.07. The summed E-state index contributed by atoms with van der Waals surface area (Å²) in [5, 5.41) is 23.1. The van der Waals surface area contributed by atoms with E-state index in [2.05, 4.69) is 5.32 Å². The third-order valence-electron chi connectivity index (χ3n) is 3.76. The average molecular weight is 367 g/mol. The number of non-ortho nitro benzene ring substituents is 1. The number of halogens is 1. The minimum absolute atomic E-state index is 0.0950. The van der Waals surface area contributed by atoms with Gasteiger partial charge in [0.15, 0.2) is 0 Å². The first-order valence-electron chi connectivity index (χ1n) is 7.91. The van der Waals surface area contributed by atoms with E-state index in [0.29, 0.717) is 23.5 Å². The van der Waals surface area contributed by atoms with Gasteiger partial charge in [-0.3, -0.25) is 20.2 Å². The minimum atomic E-state index is -0.890. The molecule has 0 radical (unpaired) electrons. The maximum atomic E-state index is 11.2. The lowest BCUT2D eigenvalue weighted by Crippen LogP contribution is -2.36. The van der Waals surface area contributed by atoms with E-state index in [1.807, 2.05) is 6.92 Å². The zero-order chi connectivity index (χ0) is 18.4. The van der Waals surface area contributed by atoms with Gasteiger partial charge in [-0.25, -0.2) is 0 Å². The van der Waals surface area contributed by atoms with Crippen molar-refractivity contribution < 1.29 is 19.2 Å². The molecule has 25 heavy (non-hydrogen) atoms. The molecule has 0 amide bonds. The molecule has 8 heteroatoms. The summed E-state index contributed by atoms with van der Waals surface area (Å²) in [7, 11) is 0. The third kappa shape index (κ3) is 5.04. The van der Waals surface area contributed by atoms with Crippen molar-refractivity contribution in [3.8, 4) is 11.3 Å². The molecule has 7 nitrogen and oxygen atoms in total. The van der Waals surface area contributed by atoms with Crippen LogP contribution in [0.15, 0.2) is 34.7 Å². The highest BCUT2D eigenvalue weighted by molar-refractivity contribution is 6.33. The van der Waals surface area contributed by atoms with E-state index in [-0.39, 0.29) is 17.3 Å². The van der Waals surface area contributed by atoms with Crippen LogP contribution in [0.25, 0.3) is 11.3 Å². The number of nitrogens with zero attached hydrogens (tertiary/aromatic N) is 1. The zero-order valence-corrected chi connectivity index (χ0v) is 14.5. The fourth-order valence-corrected chi connectivity index (χ4v) is 2.65. The summed E-state index contributed by atoms with van der Waals surface area (Å²) in [5.41, 5.74) is 0.446. The highest BCUT2D eigenvalue weighted by Crippen LogP contribution is 2.32. The van der Waals surface area contributed by atoms with Crippen LogP contribution in [0.3, 0.4) is 0 Å². The number of hydrogen-bond donors (Lipinski definition) is 2. The maximum absolute atomic E-state index is 11.2. The molecule has 0 aliphatic rings. The Morgan fingerprint density at radius 3 is 2.76 bits per heavy atom. The lowest BCUT2D eigenvalue weighted by Gasteiger charge is -2.12. The molecule has 1 aromatic heterocycles. The van der Waals surface area contributed by atoms with Crippen molar-refractivity contribution in [1.29, 1.82) is 0 Å². The first-order valence-corrected chi connectivity index (χ1v) is 8.29. The number of rotatable bonds is 9. The van der Waals surface area contributed by atoms with E-state index < -0.39 is 16.9 Å². The number of benzene rings is 1. The fraction of sp³-hybridized carbons (Fsp3) is 0.353. The Bertz CT molecular complexity index is 759. The molecule has 0 aliphatic heterocycles. The molecule has 0 spiro atoms. The van der Waals surface area contributed by atoms with Gasteiger partial charge >= 0.3 is 5.97 Å². The monoisotopic (exact) mass is 366 g/mol. The molecule has 1 aromatic carbocycles. The van der Waals surface area contributed by atoms with E-state index in [4.69, 9.17) is 16.0 Å². The average Bonchev–Trinajstić information content (AvgIpc) is 3.03. The summed E-state index contributed by atoms with van der Waals surface area (Å²) in [6.45, 7) is 2.27. The number of carbonyl (C=O) groups is 1. The molecule has 1 unspecified atom stereocenters. The Morgan fingerprint density at radius 1 is 1.40 bits per heavy atom. The number of nitrogens with one attached hydrogen (secondary N) is 1. The van der Waals surface area contributed by atoms with Gasteiger partial charge in [-0.05, 0) is 24.6 Å². The van der Waals surface area contributed by atoms with Crippen molar-refractivity contribution in [3.05, 3.63) is 51.2 Å². The lowest BCUT2D eigenvalue weighted by molar-refractivity contribution is -0.384. The largest absolute Gasteiger partial charge is 0.480 e. The van der Waals surface area contributed by atoms with Crippen LogP contribution >= 0.6 is 11.6 Å². The molecular weight excluding hydrogens is 348 g/mol. The van der Waals surface area contributed by atoms with Gasteiger partial charge in [0.25, 0.3) is 5.69 Å². The van der Waals surface area contributed by atoms with Gasteiger partial charge in [0.05, 0.1) is 16.5 Å². The minimum Gasteiger partial charge on any atom is -0.480 e. The molecule has 2 rings (SSSR count). The highest BCUT2D eigenvalue weighted by Gasteiger charge is 2.17. The number of aliphatic carboxylic acids is 1. The van der Waals surface area contributed by atoms with Gasteiger partial charge in [0, 0.05) is 17.7 Å². The molecule has 0 saturated heterocycles. The van der Waals surface area contributed by atoms with Crippen molar-refractivity contribution in [1.82, 2.24) is 5.32 Å². The van der Waals surface area contributed by atoms with Gasteiger partial charge in [0.2, 0.25) is 0 Å². The van der Waals surface area contributed by atoms with Crippen LogP contribution in [-0.4, -0.2) is 22.0 Å².